The zero-order valence-electron chi connectivity index (χ0n) is 8.84. The van der Waals surface area contributed by atoms with Gasteiger partial charge in [-0.1, -0.05) is 0 Å². The van der Waals surface area contributed by atoms with Crippen molar-refractivity contribution in [3.05, 3.63) is 0 Å². The molecule has 4 heteroatoms. The number of rotatable bonds is 1. The van der Waals surface area contributed by atoms with E-state index in [1.807, 2.05) is 0 Å². The van der Waals surface area contributed by atoms with Gasteiger partial charge in [-0.3, -0.25) is 4.79 Å². The Morgan fingerprint density at radius 1 is 1.20 bits per heavy atom. The summed E-state index contributed by atoms with van der Waals surface area (Å²) in [5.74, 6) is 0.759. The fraction of sp³-hybridized carbons (Fsp3) is 0.909. The molecule has 4 saturated carbocycles. The van der Waals surface area contributed by atoms with Gasteiger partial charge in [-0.15, -0.1) is 0 Å². The maximum absolute atomic E-state index is 11.4. The van der Waals surface area contributed by atoms with E-state index < -0.39 is 5.97 Å². The van der Waals surface area contributed by atoms with Crippen molar-refractivity contribution in [3.63, 3.8) is 0 Å². The Kier molecular flexibility index (Phi) is 2.32. The average molecular weight is 232 g/mol. The summed E-state index contributed by atoms with van der Waals surface area (Å²) in [5.41, 5.74) is 4.02. The predicted molar refractivity (Wildman–Crippen MR) is 50.4 cm³/mol. The number of hydrogen-bond donors (Lipinski definition) is 2. The van der Waals surface area contributed by atoms with E-state index in [9.17, 15) is 9.90 Å². The van der Waals surface area contributed by atoms with Crippen LogP contribution in [0.25, 0.3) is 0 Å². The van der Waals surface area contributed by atoms with Gasteiger partial charge in [0.15, 0.2) is 0 Å². The van der Waals surface area contributed by atoms with Crippen molar-refractivity contribution in [2.75, 3.05) is 0 Å². The van der Waals surface area contributed by atoms with Gasteiger partial charge in [0.25, 0.3) is 0 Å². The van der Waals surface area contributed by atoms with Crippen LogP contribution in [0, 0.1) is 17.3 Å². The lowest BCUT2D eigenvalue weighted by molar-refractivity contribution is -0.508. The molecule has 0 heterocycles. The van der Waals surface area contributed by atoms with E-state index in [1.54, 1.807) is 0 Å². The quantitative estimate of drug-likeness (QED) is 0.531. The zero-order chi connectivity index (χ0) is 9.97. The Morgan fingerprint density at radius 2 is 1.73 bits per heavy atom. The number of hydrogen-bond acceptors (Lipinski definition) is 1. The van der Waals surface area contributed by atoms with Gasteiger partial charge in [0.2, 0.25) is 0 Å². The highest BCUT2D eigenvalue weighted by Crippen LogP contribution is 2.60. The standard InChI is InChI=1S/C11H17NO2.ClH/c12-11-4-7-1-8(5-11)3-10(2-7,6-11)9(13)14;/h7-8H,1-6,12H2,(H,13,14);1H. The van der Waals surface area contributed by atoms with Crippen molar-refractivity contribution in [1.29, 1.82) is 0 Å². The second kappa shape index (κ2) is 3.11. The van der Waals surface area contributed by atoms with E-state index in [4.69, 9.17) is 0 Å². The summed E-state index contributed by atoms with van der Waals surface area (Å²) >= 11 is 0. The molecule has 86 valence electrons. The minimum atomic E-state index is -0.556. The fourth-order valence-corrected chi connectivity index (χ4v) is 4.70. The minimum Gasteiger partial charge on any atom is -1.00 e. The van der Waals surface area contributed by atoms with E-state index in [-0.39, 0.29) is 23.4 Å². The second-order valence-electron chi connectivity index (χ2n) is 6.05. The highest BCUT2D eigenvalue weighted by atomic mass is 35.5. The Bertz CT molecular complexity index is 291. The smallest absolute Gasteiger partial charge is 0.309 e. The molecule has 0 aromatic heterocycles. The van der Waals surface area contributed by atoms with Gasteiger partial charge in [0.05, 0.1) is 11.0 Å². The molecule has 4 aliphatic carbocycles. The fourth-order valence-electron chi connectivity index (χ4n) is 4.70. The number of halogens is 1. The van der Waals surface area contributed by atoms with Crippen molar-refractivity contribution < 1.29 is 28.0 Å². The molecule has 4 N–H and O–H groups in total. The third-order valence-electron chi connectivity index (χ3n) is 4.64. The maximum atomic E-state index is 11.4. The van der Waals surface area contributed by atoms with Gasteiger partial charge in [0.1, 0.15) is 0 Å². The monoisotopic (exact) mass is 231 g/mol. The molecule has 0 spiro atoms. The van der Waals surface area contributed by atoms with Crippen LogP contribution in [-0.2, 0) is 4.79 Å². The zero-order valence-corrected chi connectivity index (χ0v) is 9.59. The number of carboxylic acid groups (broad SMARTS) is 1. The van der Waals surface area contributed by atoms with E-state index in [1.165, 1.54) is 19.3 Å². The summed E-state index contributed by atoms with van der Waals surface area (Å²) in [6.07, 6.45) is 6.32. The van der Waals surface area contributed by atoms with Crippen LogP contribution in [-0.4, -0.2) is 16.6 Å². The molecule has 0 amide bonds. The van der Waals surface area contributed by atoms with Crippen LogP contribution in [0.2, 0.25) is 0 Å². The molecule has 0 aromatic rings. The molecule has 4 bridgehead atoms. The first-order valence-electron chi connectivity index (χ1n) is 5.60. The molecule has 0 aromatic carbocycles. The van der Waals surface area contributed by atoms with Gasteiger partial charge >= 0.3 is 5.97 Å². The Hall–Kier alpha value is -0.280. The molecule has 3 nitrogen and oxygen atoms in total. The molecular weight excluding hydrogens is 214 g/mol. The normalized spacial score (nSPS) is 51.3. The van der Waals surface area contributed by atoms with Crippen molar-refractivity contribution in [2.45, 2.75) is 44.1 Å². The summed E-state index contributed by atoms with van der Waals surface area (Å²) < 4.78 is 0. The van der Waals surface area contributed by atoms with Crippen LogP contribution in [0.4, 0.5) is 0 Å². The van der Waals surface area contributed by atoms with Crippen LogP contribution in [0.15, 0.2) is 0 Å². The molecule has 4 aliphatic rings. The average Bonchev–Trinajstić information content (AvgIpc) is 1.98. The van der Waals surface area contributed by atoms with Crippen molar-refractivity contribution in [2.24, 2.45) is 17.3 Å². The molecule has 4 fully saturated rings. The molecule has 2 atom stereocenters. The lowest BCUT2D eigenvalue weighted by atomic mass is 9.47. The first-order chi connectivity index (χ1) is 6.51. The molecular formula is C11H18ClNO2. The molecule has 15 heavy (non-hydrogen) atoms. The largest absolute Gasteiger partial charge is 1.00 e. The first-order valence-corrected chi connectivity index (χ1v) is 5.60. The maximum Gasteiger partial charge on any atom is 0.309 e. The Morgan fingerprint density at radius 3 is 2.13 bits per heavy atom. The third kappa shape index (κ3) is 1.48. The summed E-state index contributed by atoms with van der Waals surface area (Å²) in [7, 11) is 0. The SMILES string of the molecule is [Cl-].[NH3+]C12CC3CC(C1)CC(C(=O)O)(C3)C2. The highest BCUT2D eigenvalue weighted by molar-refractivity contribution is 5.75. The van der Waals surface area contributed by atoms with Crippen LogP contribution < -0.4 is 18.1 Å². The van der Waals surface area contributed by atoms with Crippen LogP contribution >= 0.6 is 0 Å². The van der Waals surface area contributed by atoms with Crippen molar-refractivity contribution >= 4 is 5.97 Å². The molecule has 0 aliphatic heterocycles. The van der Waals surface area contributed by atoms with Crippen molar-refractivity contribution in [3.8, 4) is 0 Å². The number of aliphatic carboxylic acids is 1. The minimum absolute atomic E-state index is 0. The number of carboxylic acids is 1. The van der Waals surface area contributed by atoms with E-state index >= 15 is 0 Å². The van der Waals surface area contributed by atoms with Gasteiger partial charge in [0, 0.05) is 19.3 Å². The van der Waals surface area contributed by atoms with E-state index in [2.05, 4.69) is 5.73 Å². The van der Waals surface area contributed by atoms with Crippen LogP contribution in [0.5, 0.6) is 0 Å². The number of quaternary nitrogens is 1. The van der Waals surface area contributed by atoms with Gasteiger partial charge in [-0.2, -0.15) is 0 Å². The topological polar surface area (TPSA) is 64.9 Å². The summed E-state index contributed by atoms with van der Waals surface area (Å²) in [5, 5.41) is 9.37. The molecule has 4 rings (SSSR count). The summed E-state index contributed by atoms with van der Waals surface area (Å²) in [4.78, 5) is 11.4. The Balaban J connectivity index is 0.000000853. The highest BCUT2D eigenvalue weighted by Gasteiger charge is 2.61. The lowest BCUT2D eigenvalue weighted by Gasteiger charge is -2.57. The van der Waals surface area contributed by atoms with Crippen LogP contribution in [0.3, 0.4) is 0 Å². The van der Waals surface area contributed by atoms with Gasteiger partial charge < -0.3 is 23.2 Å². The van der Waals surface area contributed by atoms with E-state index in [0.29, 0.717) is 11.8 Å². The first kappa shape index (κ1) is 11.2. The van der Waals surface area contributed by atoms with E-state index in [0.717, 1.165) is 19.3 Å². The van der Waals surface area contributed by atoms with Crippen molar-refractivity contribution in [1.82, 2.24) is 0 Å². The summed E-state index contributed by atoms with van der Waals surface area (Å²) in [6, 6.07) is 0. The Labute approximate surface area is 95.8 Å². The number of carbonyl (C=O) groups is 1. The second-order valence-corrected chi connectivity index (χ2v) is 6.05. The molecule has 0 radical (unpaired) electrons. The summed E-state index contributed by atoms with van der Waals surface area (Å²) in [6.45, 7) is 0. The lowest BCUT2D eigenvalue weighted by Crippen LogP contribution is -3.00. The van der Waals surface area contributed by atoms with Gasteiger partial charge in [-0.25, -0.2) is 0 Å². The van der Waals surface area contributed by atoms with Gasteiger partial charge in [-0.05, 0) is 31.1 Å². The molecule has 2 unspecified atom stereocenters. The third-order valence-corrected chi connectivity index (χ3v) is 4.64. The van der Waals surface area contributed by atoms with Crippen LogP contribution in [0.1, 0.15) is 38.5 Å². The molecule has 0 saturated heterocycles. The predicted octanol–water partition coefficient (Wildman–Crippen LogP) is -2.34.